The van der Waals surface area contributed by atoms with Gasteiger partial charge in [-0.3, -0.25) is 4.90 Å². The number of hydrogen-bond donors (Lipinski definition) is 1. The number of rotatable bonds is 1. The van der Waals surface area contributed by atoms with Crippen LogP contribution >= 0.6 is 0 Å². The van der Waals surface area contributed by atoms with Crippen LogP contribution in [0.15, 0.2) is 18.2 Å². The van der Waals surface area contributed by atoms with Crippen molar-refractivity contribution in [1.29, 1.82) is 0 Å². The van der Waals surface area contributed by atoms with Crippen molar-refractivity contribution in [3.8, 4) is 0 Å². The minimum absolute atomic E-state index is 0.164. The minimum Gasteiger partial charge on any atom is -0.385 e. The Morgan fingerprint density at radius 3 is 2.58 bits per heavy atom. The van der Waals surface area contributed by atoms with Crippen LogP contribution in [0, 0.1) is 12.7 Å². The van der Waals surface area contributed by atoms with Crippen LogP contribution in [0.3, 0.4) is 0 Å². The smallest absolute Gasteiger partial charge is 0.132 e. The average molecular weight is 265 g/mol. The van der Waals surface area contributed by atoms with Crippen molar-refractivity contribution in [2.75, 3.05) is 20.3 Å². The molecule has 2 unspecified atom stereocenters. The predicted molar refractivity (Wildman–Crippen MR) is 70.4 cm³/mol. The van der Waals surface area contributed by atoms with E-state index in [0.29, 0.717) is 37.2 Å². The number of fused-ring (bicyclic) bond motifs is 2. The molecule has 2 saturated heterocycles. The number of ether oxygens (including phenoxy) is 1. The zero-order chi connectivity index (χ0) is 13.6. The fourth-order valence-electron chi connectivity index (χ4n) is 3.37. The summed E-state index contributed by atoms with van der Waals surface area (Å²) in [7, 11) is 2.06. The van der Waals surface area contributed by atoms with Gasteiger partial charge >= 0.3 is 0 Å². The number of likely N-dealkylation sites (N-methyl/N-ethyl adjacent to an activating group) is 1. The molecule has 19 heavy (non-hydrogen) atoms. The summed E-state index contributed by atoms with van der Waals surface area (Å²) in [5.74, 6) is -0.270. The van der Waals surface area contributed by atoms with Crippen LogP contribution in [0.4, 0.5) is 4.39 Å². The molecule has 4 heteroatoms. The number of hydrogen-bond acceptors (Lipinski definition) is 3. The molecule has 2 aliphatic rings. The maximum Gasteiger partial charge on any atom is 0.132 e. The van der Waals surface area contributed by atoms with Gasteiger partial charge in [0.05, 0.1) is 18.8 Å². The van der Waals surface area contributed by atoms with Gasteiger partial charge in [-0.2, -0.15) is 0 Å². The van der Waals surface area contributed by atoms with Crippen LogP contribution < -0.4 is 0 Å². The van der Waals surface area contributed by atoms with E-state index in [1.54, 1.807) is 19.1 Å². The molecule has 0 saturated carbocycles. The fourth-order valence-corrected chi connectivity index (χ4v) is 3.37. The van der Waals surface area contributed by atoms with Crippen LogP contribution in [0.25, 0.3) is 0 Å². The summed E-state index contributed by atoms with van der Waals surface area (Å²) >= 11 is 0. The van der Waals surface area contributed by atoms with Crippen LogP contribution in [-0.4, -0.2) is 42.4 Å². The SMILES string of the molecule is Cc1cccc(C2(O)CC3COCC(C2)N3C)c1F. The van der Waals surface area contributed by atoms with Gasteiger partial charge in [0.15, 0.2) is 0 Å². The van der Waals surface area contributed by atoms with Crippen molar-refractivity contribution >= 4 is 0 Å². The fraction of sp³-hybridized carbons (Fsp3) is 0.600. The molecule has 0 radical (unpaired) electrons. The van der Waals surface area contributed by atoms with Gasteiger partial charge in [-0.05, 0) is 32.4 Å². The molecule has 1 aromatic rings. The second kappa shape index (κ2) is 4.54. The second-order valence-corrected chi connectivity index (χ2v) is 5.89. The summed E-state index contributed by atoms with van der Waals surface area (Å²) in [4.78, 5) is 2.26. The molecule has 3 nitrogen and oxygen atoms in total. The number of nitrogens with zero attached hydrogens (tertiary/aromatic N) is 1. The molecular weight excluding hydrogens is 245 g/mol. The highest BCUT2D eigenvalue weighted by Gasteiger charge is 2.46. The first-order chi connectivity index (χ1) is 9.01. The van der Waals surface area contributed by atoms with Gasteiger partial charge in [-0.1, -0.05) is 18.2 Å². The molecule has 0 amide bonds. The molecule has 0 aliphatic carbocycles. The van der Waals surface area contributed by atoms with Crippen LogP contribution in [-0.2, 0) is 10.3 Å². The Bertz CT molecular complexity index is 477. The predicted octanol–water partition coefficient (Wildman–Crippen LogP) is 1.81. The molecule has 2 aliphatic heterocycles. The quantitative estimate of drug-likeness (QED) is 0.840. The summed E-state index contributed by atoms with van der Waals surface area (Å²) in [6, 6.07) is 5.59. The standard InChI is InChI=1S/C15H20FNO2/c1-10-4-3-5-13(14(10)16)15(18)6-11-8-19-9-12(7-15)17(11)2/h3-5,11-12,18H,6-9H2,1-2H3. The zero-order valence-electron chi connectivity index (χ0n) is 11.4. The van der Waals surface area contributed by atoms with Gasteiger partial charge in [0.25, 0.3) is 0 Å². The minimum atomic E-state index is -1.07. The molecule has 0 aromatic heterocycles. The summed E-state index contributed by atoms with van der Waals surface area (Å²) in [5, 5.41) is 10.9. The monoisotopic (exact) mass is 265 g/mol. The lowest BCUT2D eigenvalue weighted by Crippen LogP contribution is -2.59. The third-order valence-electron chi connectivity index (χ3n) is 4.61. The van der Waals surface area contributed by atoms with Gasteiger partial charge in [-0.25, -0.2) is 4.39 Å². The lowest BCUT2D eigenvalue weighted by atomic mass is 9.76. The van der Waals surface area contributed by atoms with Crippen LogP contribution in [0.1, 0.15) is 24.0 Å². The Hall–Kier alpha value is -0.970. The molecule has 1 aromatic carbocycles. The van der Waals surface area contributed by atoms with E-state index in [4.69, 9.17) is 4.74 Å². The first-order valence-corrected chi connectivity index (χ1v) is 6.79. The number of aryl methyl sites for hydroxylation is 1. The second-order valence-electron chi connectivity index (χ2n) is 5.89. The van der Waals surface area contributed by atoms with E-state index in [2.05, 4.69) is 11.9 Å². The number of halogens is 1. The molecule has 2 bridgehead atoms. The van der Waals surface area contributed by atoms with E-state index in [9.17, 15) is 9.50 Å². The summed E-state index contributed by atoms with van der Waals surface area (Å²) in [6.45, 7) is 2.96. The number of morpholine rings is 1. The van der Waals surface area contributed by atoms with E-state index < -0.39 is 5.60 Å². The Labute approximate surface area is 113 Å². The highest BCUT2D eigenvalue weighted by Crippen LogP contribution is 2.41. The Kier molecular flexibility index (Phi) is 3.12. The van der Waals surface area contributed by atoms with Crippen molar-refractivity contribution in [1.82, 2.24) is 4.90 Å². The Morgan fingerprint density at radius 2 is 1.95 bits per heavy atom. The maximum atomic E-state index is 14.3. The molecule has 104 valence electrons. The number of aliphatic hydroxyl groups is 1. The van der Waals surface area contributed by atoms with E-state index in [0.717, 1.165) is 0 Å². The summed E-state index contributed by atoms with van der Waals surface area (Å²) < 4.78 is 19.8. The number of benzene rings is 1. The van der Waals surface area contributed by atoms with E-state index in [-0.39, 0.29) is 17.9 Å². The molecule has 0 spiro atoms. The first-order valence-electron chi connectivity index (χ1n) is 6.79. The summed E-state index contributed by atoms with van der Waals surface area (Å²) in [5.41, 5.74) is -0.0365. The summed E-state index contributed by atoms with van der Waals surface area (Å²) in [6.07, 6.45) is 1.06. The first kappa shape index (κ1) is 13.0. The van der Waals surface area contributed by atoms with E-state index >= 15 is 0 Å². The van der Waals surface area contributed by atoms with Gasteiger partial charge in [-0.15, -0.1) is 0 Å². The van der Waals surface area contributed by atoms with Crippen molar-refractivity contribution < 1.29 is 14.2 Å². The van der Waals surface area contributed by atoms with E-state index in [1.165, 1.54) is 0 Å². The van der Waals surface area contributed by atoms with Gasteiger partial charge in [0.1, 0.15) is 5.82 Å². The molecule has 3 rings (SSSR count). The molecular formula is C15H20FNO2. The lowest BCUT2D eigenvalue weighted by Gasteiger charge is -2.50. The van der Waals surface area contributed by atoms with Gasteiger partial charge < -0.3 is 9.84 Å². The normalized spacial score (nSPS) is 35.4. The van der Waals surface area contributed by atoms with Crippen molar-refractivity contribution in [2.24, 2.45) is 0 Å². The van der Waals surface area contributed by atoms with Crippen molar-refractivity contribution in [3.05, 3.63) is 35.1 Å². The largest absolute Gasteiger partial charge is 0.385 e. The highest BCUT2D eigenvalue weighted by molar-refractivity contribution is 5.31. The lowest BCUT2D eigenvalue weighted by molar-refractivity contribution is -0.138. The third-order valence-corrected chi connectivity index (χ3v) is 4.61. The van der Waals surface area contributed by atoms with Crippen molar-refractivity contribution in [3.63, 3.8) is 0 Å². The molecule has 1 N–H and O–H groups in total. The maximum absolute atomic E-state index is 14.3. The molecule has 2 heterocycles. The number of piperidine rings is 1. The Morgan fingerprint density at radius 1 is 1.32 bits per heavy atom. The Balaban J connectivity index is 1.97. The van der Waals surface area contributed by atoms with Crippen molar-refractivity contribution in [2.45, 2.75) is 37.5 Å². The van der Waals surface area contributed by atoms with E-state index in [1.807, 2.05) is 6.07 Å². The van der Waals surface area contributed by atoms with Gasteiger partial charge in [0, 0.05) is 17.6 Å². The zero-order valence-corrected chi connectivity index (χ0v) is 11.4. The molecule has 2 fully saturated rings. The molecule has 2 atom stereocenters. The van der Waals surface area contributed by atoms with Crippen LogP contribution in [0.2, 0.25) is 0 Å². The van der Waals surface area contributed by atoms with Crippen LogP contribution in [0.5, 0.6) is 0 Å². The van der Waals surface area contributed by atoms with Gasteiger partial charge in [0.2, 0.25) is 0 Å². The topological polar surface area (TPSA) is 32.7 Å². The third kappa shape index (κ3) is 2.08. The highest BCUT2D eigenvalue weighted by atomic mass is 19.1. The average Bonchev–Trinajstić information content (AvgIpc) is 2.35.